The first-order chi connectivity index (χ1) is 10.6. The van der Waals surface area contributed by atoms with E-state index in [1.54, 1.807) is 17.0 Å². The maximum atomic E-state index is 12.6. The molecule has 7 heteroatoms. The minimum absolute atomic E-state index is 0.122. The fourth-order valence-corrected chi connectivity index (χ4v) is 3.12. The summed E-state index contributed by atoms with van der Waals surface area (Å²) >= 11 is 12.0. The van der Waals surface area contributed by atoms with E-state index in [-0.39, 0.29) is 5.43 Å². The lowest BCUT2D eigenvalue weighted by Gasteiger charge is -2.32. The van der Waals surface area contributed by atoms with E-state index in [0.29, 0.717) is 46.2 Å². The van der Waals surface area contributed by atoms with Crippen molar-refractivity contribution >= 4 is 40.6 Å². The van der Waals surface area contributed by atoms with E-state index in [9.17, 15) is 9.59 Å². The van der Waals surface area contributed by atoms with Gasteiger partial charge in [0.2, 0.25) is 6.41 Å². The maximum Gasteiger partial charge on any atom is 0.209 e. The summed E-state index contributed by atoms with van der Waals surface area (Å²) in [7, 11) is 0. The van der Waals surface area contributed by atoms with E-state index in [2.05, 4.69) is 4.90 Å². The molecule has 0 unspecified atom stereocenters. The van der Waals surface area contributed by atoms with Crippen LogP contribution in [0.3, 0.4) is 0 Å². The van der Waals surface area contributed by atoms with Crippen LogP contribution in [0.4, 0.5) is 0 Å². The van der Waals surface area contributed by atoms with Crippen molar-refractivity contribution in [2.45, 2.75) is 6.54 Å². The van der Waals surface area contributed by atoms with Crippen molar-refractivity contribution in [3.63, 3.8) is 0 Å². The van der Waals surface area contributed by atoms with Crippen molar-refractivity contribution in [1.29, 1.82) is 0 Å². The average molecular weight is 341 g/mol. The van der Waals surface area contributed by atoms with Crippen LogP contribution < -0.4 is 5.43 Å². The molecule has 1 aliphatic rings. The van der Waals surface area contributed by atoms with Crippen LogP contribution in [0.5, 0.6) is 0 Å². The van der Waals surface area contributed by atoms with Crippen molar-refractivity contribution in [2.24, 2.45) is 0 Å². The number of fused-ring (bicyclic) bond motifs is 1. The molecule has 0 aliphatic carbocycles. The molecule has 1 saturated heterocycles. The fourth-order valence-electron chi connectivity index (χ4n) is 2.58. The van der Waals surface area contributed by atoms with Crippen LogP contribution in [0.25, 0.3) is 11.0 Å². The van der Waals surface area contributed by atoms with Gasteiger partial charge in [0.25, 0.3) is 0 Å². The predicted molar refractivity (Wildman–Crippen MR) is 85.4 cm³/mol. The molecule has 116 valence electrons. The van der Waals surface area contributed by atoms with Gasteiger partial charge in [-0.3, -0.25) is 14.5 Å². The summed E-state index contributed by atoms with van der Waals surface area (Å²) in [5, 5.41) is 1.12. The number of nitrogens with zero attached hydrogens (tertiary/aromatic N) is 2. The molecular formula is C15H14Cl2N2O3. The van der Waals surface area contributed by atoms with Crippen LogP contribution in [-0.4, -0.2) is 42.4 Å². The summed E-state index contributed by atoms with van der Waals surface area (Å²) in [6, 6.07) is 3.12. The average Bonchev–Trinajstić information content (AvgIpc) is 2.51. The van der Waals surface area contributed by atoms with Crippen molar-refractivity contribution in [3.05, 3.63) is 44.2 Å². The van der Waals surface area contributed by atoms with Gasteiger partial charge in [-0.1, -0.05) is 23.2 Å². The third-order valence-corrected chi connectivity index (χ3v) is 4.31. The number of carbonyl (C=O) groups is 1. The van der Waals surface area contributed by atoms with Crippen molar-refractivity contribution in [1.82, 2.24) is 9.80 Å². The number of halogens is 2. The second-order valence-corrected chi connectivity index (χ2v) is 6.12. The lowest BCUT2D eigenvalue weighted by molar-refractivity contribution is -0.119. The van der Waals surface area contributed by atoms with E-state index < -0.39 is 0 Å². The normalized spacial score (nSPS) is 16.2. The Balaban J connectivity index is 1.88. The Labute approximate surface area is 137 Å². The van der Waals surface area contributed by atoms with Gasteiger partial charge in [-0.05, 0) is 12.1 Å². The highest BCUT2D eigenvalue weighted by Crippen LogP contribution is 2.26. The second-order valence-electron chi connectivity index (χ2n) is 5.27. The highest BCUT2D eigenvalue weighted by molar-refractivity contribution is 6.38. The molecule has 0 saturated carbocycles. The number of hydrogen-bond donors (Lipinski definition) is 0. The van der Waals surface area contributed by atoms with Gasteiger partial charge in [-0.15, -0.1) is 0 Å². The van der Waals surface area contributed by atoms with Crippen LogP contribution in [0.2, 0.25) is 10.0 Å². The van der Waals surface area contributed by atoms with Gasteiger partial charge in [-0.25, -0.2) is 0 Å². The molecule has 0 N–H and O–H groups in total. The Morgan fingerprint density at radius 1 is 1.18 bits per heavy atom. The summed E-state index contributed by atoms with van der Waals surface area (Å²) in [5.74, 6) is 0. The van der Waals surface area contributed by atoms with Crippen molar-refractivity contribution in [3.8, 4) is 0 Å². The quantitative estimate of drug-likeness (QED) is 0.805. The van der Waals surface area contributed by atoms with Crippen LogP contribution in [-0.2, 0) is 11.3 Å². The zero-order valence-electron chi connectivity index (χ0n) is 11.7. The van der Waals surface area contributed by atoms with Gasteiger partial charge in [0.05, 0.1) is 16.7 Å². The molecule has 1 aromatic carbocycles. The number of hydrogen-bond acceptors (Lipinski definition) is 4. The van der Waals surface area contributed by atoms with Gasteiger partial charge < -0.3 is 9.32 Å². The van der Waals surface area contributed by atoms with Crippen molar-refractivity contribution in [2.75, 3.05) is 26.2 Å². The smallest absolute Gasteiger partial charge is 0.209 e. The molecule has 22 heavy (non-hydrogen) atoms. The van der Waals surface area contributed by atoms with Gasteiger partial charge >= 0.3 is 0 Å². The highest BCUT2D eigenvalue weighted by Gasteiger charge is 2.18. The summed E-state index contributed by atoms with van der Waals surface area (Å²) in [4.78, 5) is 27.1. The topological polar surface area (TPSA) is 53.8 Å². The summed E-state index contributed by atoms with van der Waals surface area (Å²) in [6.07, 6.45) is 2.31. The first kappa shape index (κ1) is 15.3. The Bertz CT molecular complexity index is 767. The van der Waals surface area contributed by atoms with Crippen molar-refractivity contribution < 1.29 is 9.21 Å². The molecule has 1 fully saturated rings. The molecular weight excluding hydrogens is 327 g/mol. The minimum atomic E-state index is -0.122. The van der Waals surface area contributed by atoms with Crippen LogP contribution >= 0.6 is 23.2 Å². The molecule has 5 nitrogen and oxygen atoms in total. The number of piperazine rings is 1. The molecule has 3 rings (SSSR count). The van der Waals surface area contributed by atoms with Gasteiger partial charge in [0.15, 0.2) is 11.0 Å². The predicted octanol–water partition coefficient (Wildman–Crippen LogP) is 2.37. The van der Waals surface area contributed by atoms with Crippen LogP contribution in [0.15, 0.2) is 27.6 Å². The number of benzene rings is 1. The third-order valence-electron chi connectivity index (χ3n) is 3.81. The first-order valence-corrected chi connectivity index (χ1v) is 7.65. The molecule has 1 aliphatic heterocycles. The lowest BCUT2D eigenvalue weighted by Crippen LogP contribution is -2.45. The summed E-state index contributed by atoms with van der Waals surface area (Å²) in [6.45, 7) is 3.27. The molecule has 1 amide bonds. The van der Waals surface area contributed by atoms with Gasteiger partial charge in [-0.2, -0.15) is 0 Å². The zero-order chi connectivity index (χ0) is 15.7. The molecule has 0 atom stereocenters. The summed E-state index contributed by atoms with van der Waals surface area (Å²) < 4.78 is 5.51. The van der Waals surface area contributed by atoms with Gasteiger partial charge in [0.1, 0.15) is 0 Å². The van der Waals surface area contributed by atoms with E-state index in [0.717, 1.165) is 19.5 Å². The van der Waals surface area contributed by atoms with Crippen LogP contribution in [0.1, 0.15) is 5.56 Å². The van der Waals surface area contributed by atoms with Crippen LogP contribution in [0, 0.1) is 0 Å². The lowest BCUT2D eigenvalue weighted by atomic mass is 10.1. The largest absolute Gasteiger partial charge is 0.462 e. The van der Waals surface area contributed by atoms with E-state index in [1.165, 1.54) is 6.26 Å². The SMILES string of the molecule is O=CN1CCN(Cc2coc3c(Cl)cc(Cl)cc3c2=O)CC1. The van der Waals surface area contributed by atoms with E-state index in [4.69, 9.17) is 27.6 Å². The Hall–Kier alpha value is -1.56. The maximum absolute atomic E-state index is 12.6. The number of amides is 1. The number of rotatable bonds is 3. The first-order valence-electron chi connectivity index (χ1n) is 6.89. The van der Waals surface area contributed by atoms with Gasteiger partial charge in [0, 0.05) is 43.3 Å². The molecule has 2 heterocycles. The molecule has 2 aromatic rings. The molecule has 0 radical (unpaired) electrons. The monoisotopic (exact) mass is 340 g/mol. The Morgan fingerprint density at radius 3 is 2.59 bits per heavy atom. The highest BCUT2D eigenvalue weighted by atomic mass is 35.5. The summed E-state index contributed by atoms with van der Waals surface area (Å²) in [5.41, 5.74) is 0.791. The minimum Gasteiger partial charge on any atom is -0.462 e. The fraction of sp³-hybridized carbons (Fsp3) is 0.333. The zero-order valence-corrected chi connectivity index (χ0v) is 13.2. The second kappa shape index (κ2) is 6.28. The van der Waals surface area contributed by atoms with E-state index in [1.807, 2.05) is 0 Å². The van der Waals surface area contributed by atoms with E-state index >= 15 is 0 Å². The third kappa shape index (κ3) is 2.97. The Morgan fingerprint density at radius 2 is 1.91 bits per heavy atom. The standard InChI is InChI=1S/C15H14Cl2N2O3/c16-11-5-12-14(21)10(8-22-15(12)13(17)6-11)7-18-1-3-19(9-20)4-2-18/h5-6,8-9H,1-4,7H2. The molecule has 1 aromatic heterocycles. The number of carbonyl (C=O) groups excluding carboxylic acids is 1. The Kier molecular flexibility index (Phi) is 4.38. The molecule has 0 bridgehead atoms. The molecule has 0 spiro atoms.